The molecule has 3 nitrogen and oxygen atoms in total. The summed E-state index contributed by atoms with van der Waals surface area (Å²) in [6.07, 6.45) is 2.18. The first-order valence-electron chi connectivity index (χ1n) is 5.75. The summed E-state index contributed by atoms with van der Waals surface area (Å²) in [6, 6.07) is 1.62. The van der Waals surface area contributed by atoms with E-state index in [0.29, 0.717) is 16.5 Å². The van der Waals surface area contributed by atoms with Gasteiger partial charge in [-0.15, -0.1) is 0 Å². The topological polar surface area (TPSA) is 39.2 Å². The number of carbonyl (C=O) groups is 1. The van der Waals surface area contributed by atoms with Gasteiger partial charge in [0.25, 0.3) is 0 Å². The molecule has 1 aromatic heterocycles. The fourth-order valence-electron chi connectivity index (χ4n) is 1.40. The van der Waals surface area contributed by atoms with Crippen LogP contribution in [-0.4, -0.2) is 17.1 Å². The van der Waals surface area contributed by atoms with Crippen molar-refractivity contribution in [3.05, 3.63) is 28.5 Å². The Hall–Kier alpha value is -1.09. The van der Waals surface area contributed by atoms with E-state index in [2.05, 4.69) is 18.8 Å². The van der Waals surface area contributed by atoms with Crippen LogP contribution in [0.2, 0.25) is 5.02 Å². The molecule has 0 saturated heterocycles. The number of pyridine rings is 1. The van der Waals surface area contributed by atoms with Crippen LogP contribution in [0.25, 0.3) is 0 Å². The summed E-state index contributed by atoms with van der Waals surface area (Å²) in [5, 5.41) is 0.525. The molecule has 0 radical (unpaired) electrons. The fourth-order valence-corrected chi connectivity index (χ4v) is 1.64. The summed E-state index contributed by atoms with van der Waals surface area (Å²) in [5.41, 5.74) is 1.22. The molecule has 0 saturated carbocycles. The molecule has 0 N–H and O–H groups in total. The lowest BCUT2D eigenvalue weighted by molar-refractivity contribution is 0.0377. The van der Waals surface area contributed by atoms with E-state index < -0.39 is 0 Å². The molecule has 0 aliphatic carbocycles. The number of nitrogens with zero attached hydrogens (tertiary/aromatic N) is 1. The van der Waals surface area contributed by atoms with E-state index in [9.17, 15) is 4.79 Å². The third-order valence-corrected chi connectivity index (χ3v) is 2.42. The van der Waals surface area contributed by atoms with E-state index in [-0.39, 0.29) is 12.1 Å². The van der Waals surface area contributed by atoms with Gasteiger partial charge in [0.05, 0.1) is 22.4 Å². The Balaban J connectivity index is 2.85. The quantitative estimate of drug-likeness (QED) is 0.773. The summed E-state index contributed by atoms with van der Waals surface area (Å²) < 4.78 is 5.07. The SMILES string of the molecule is CC(C)Cc1ncc(C(=O)OC(C)C)cc1Cl. The number of halogens is 1. The van der Waals surface area contributed by atoms with Crippen LogP contribution in [0.3, 0.4) is 0 Å². The minimum absolute atomic E-state index is 0.142. The first kappa shape index (κ1) is 14.0. The van der Waals surface area contributed by atoms with Crippen molar-refractivity contribution in [1.82, 2.24) is 4.98 Å². The van der Waals surface area contributed by atoms with Crippen molar-refractivity contribution in [2.24, 2.45) is 5.92 Å². The monoisotopic (exact) mass is 255 g/mol. The summed E-state index contributed by atoms with van der Waals surface area (Å²) in [5.74, 6) is 0.0963. The second-order valence-electron chi connectivity index (χ2n) is 4.70. The van der Waals surface area contributed by atoms with Crippen molar-refractivity contribution in [1.29, 1.82) is 0 Å². The van der Waals surface area contributed by atoms with Gasteiger partial charge in [-0.3, -0.25) is 4.98 Å². The van der Waals surface area contributed by atoms with E-state index >= 15 is 0 Å². The number of aromatic nitrogens is 1. The molecular formula is C13H18ClNO2. The average Bonchev–Trinajstić information content (AvgIpc) is 2.19. The van der Waals surface area contributed by atoms with Crippen molar-refractivity contribution in [3.8, 4) is 0 Å². The van der Waals surface area contributed by atoms with E-state index in [1.807, 2.05) is 0 Å². The van der Waals surface area contributed by atoms with Crippen molar-refractivity contribution in [3.63, 3.8) is 0 Å². The Kier molecular flexibility index (Phi) is 4.94. The molecule has 0 atom stereocenters. The zero-order chi connectivity index (χ0) is 13.0. The predicted molar refractivity (Wildman–Crippen MR) is 68.3 cm³/mol. The molecule has 0 amide bonds. The Morgan fingerprint density at radius 2 is 2.06 bits per heavy atom. The molecule has 94 valence electrons. The van der Waals surface area contributed by atoms with Gasteiger partial charge in [0.15, 0.2) is 0 Å². The van der Waals surface area contributed by atoms with Crippen LogP contribution in [0, 0.1) is 5.92 Å². The zero-order valence-electron chi connectivity index (χ0n) is 10.7. The van der Waals surface area contributed by atoms with Crippen LogP contribution < -0.4 is 0 Å². The Labute approximate surface area is 107 Å². The van der Waals surface area contributed by atoms with Crippen molar-refractivity contribution < 1.29 is 9.53 Å². The summed E-state index contributed by atoms with van der Waals surface area (Å²) in [4.78, 5) is 15.8. The van der Waals surface area contributed by atoms with Gasteiger partial charge >= 0.3 is 5.97 Å². The summed E-state index contributed by atoms with van der Waals surface area (Å²) in [6.45, 7) is 7.80. The first-order chi connectivity index (χ1) is 7.90. The minimum Gasteiger partial charge on any atom is -0.459 e. The van der Waals surface area contributed by atoms with E-state index in [1.165, 1.54) is 6.20 Å². The van der Waals surface area contributed by atoms with E-state index in [4.69, 9.17) is 16.3 Å². The van der Waals surface area contributed by atoms with E-state index in [0.717, 1.165) is 12.1 Å². The fraction of sp³-hybridized carbons (Fsp3) is 0.538. The Morgan fingerprint density at radius 3 is 2.53 bits per heavy atom. The van der Waals surface area contributed by atoms with Gasteiger partial charge in [-0.25, -0.2) is 4.79 Å². The number of ether oxygens (including phenoxy) is 1. The standard InChI is InChI=1S/C13H18ClNO2/c1-8(2)5-12-11(14)6-10(7-15-12)13(16)17-9(3)4/h6-9H,5H2,1-4H3. The Bertz CT molecular complexity index is 402. The van der Waals surface area contributed by atoms with Crippen LogP contribution in [0.5, 0.6) is 0 Å². The molecule has 1 aromatic rings. The minimum atomic E-state index is -0.384. The van der Waals surface area contributed by atoms with Crippen molar-refractivity contribution >= 4 is 17.6 Å². The van der Waals surface area contributed by atoms with Crippen LogP contribution in [0.4, 0.5) is 0 Å². The lowest BCUT2D eigenvalue weighted by Crippen LogP contribution is -2.12. The first-order valence-corrected chi connectivity index (χ1v) is 6.13. The van der Waals surface area contributed by atoms with E-state index in [1.54, 1.807) is 19.9 Å². The predicted octanol–water partition coefficient (Wildman–Crippen LogP) is 3.50. The molecule has 17 heavy (non-hydrogen) atoms. The molecule has 1 heterocycles. The number of hydrogen-bond acceptors (Lipinski definition) is 3. The number of carbonyl (C=O) groups excluding carboxylic acids is 1. The van der Waals surface area contributed by atoms with Gasteiger partial charge in [-0.2, -0.15) is 0 Å². The van der Waals surface area contributed by atoms with Crippen LogP contribution in [0.1, 0.15) is 43.7 Å². The number of rotatable bonds is 4. The highest BCUT2D eigenvalue weighted by molar-refractivity contribution is 6.31. The maximum Gasteiger partial charge on any atom is 0.340 e. The van der Waals surface area contributed by atoms with Crippen molar-refractivity contribution in [2.75, 3.05) is 0 Å². The van der Waals surface area contributed by atoms with Gasteiger partial charge < -0.3 is 4.74 Å². The highest BCUT2D eigenvalue weighted by Gasteiger charge is 2.13. The molecule has 0 aromatic carbocycles. The highest BCUT2D eigenvalue weighted by atomic mass is 35.5. The third-order valence-electron chi connectivity index (χ3n) is 2.10. The molecule has 4 heteroatoms. The lowest BCUT2D eigenvalue weighted by atomic mass is 10.1. The third kappa shape index (κ3) is 4.35. The molecule has 0 unspecified atom stereocenters. The normalized spacial score (nSPS) is 11.0. The molecule has 0 aliphatic heterocycles. The van der Waals surface area contributed by atoms with Gasteiger partial charge in [-0.1, -0.05) is 25.4 Å². The second kappa shape index (κ2) is 6.01. The number of esters is 1. The van der Waals surface area contributed by atoms with Crippen molar-refractivity contribution in [2.45, 2.75) is 40.2 Å². The maximum atomic E-state index is 11.6. The number of hydrogen-bond donors (Lipinski definition) is 0. The molecule has 0 aliphatic rings. The largest absolute Gasteiger partial charge is 0.459 e. The highest BCUT2D eigenvalue weighted by Crippen LogP contribution is 2.19. The molecular weight excluding hydrogens is 238 g/mol. The lowest BCUT2D eigenvalue weighted by Gasteiger charge is -2.10. The van der Waals surface area contributed by atoms with Gasteiger partial charge in [0.2, 0.25) is 0 Å². The van der Waals surface area contributed by atoms with Crippen LogP contribution in [-0.2, 0) is 11.2 Å². The van der Waals surface area contributed by atoms with Crippen LogP contribution >= 0.6 is 11.6 Å². The smallest absolute Gasteiger partial charge is 0.340 e. The summed E-state index contributed by atoms with van der Waals surface area (Å²) >= 11 is 6.08. The van der Waals surface area contributed by atoms with Gasteiger partial charge in [-0.05, 0) is 32.3 Å². The average molecular weight is 256 g/mol. The molecule has 0 fully saturated rings. The molecule has 0 spiro atoms. The Morgan fingerprint density at radius 1 is 1.41 bits per heavy atom. The zero-order valence-corrected chi connectivity index (χ0v) is 11.4. The maximum absolute atomic E-state index is 11.6. The van der Waals surface area contributed by atoms with Gasteiger partial charge in [0.1, 0.15) is 0 Å². The molecule has 1 rings (SSSR count). The van der Waals surface area contributed by atoms with Gasteiger partial charge in [0, 0.05) is 6.20 Å². The summed E-state index contributed by atoms with van der Waals surface area (Å²) in [7, 11) is 0. The molecule has 0 bridgehead atoms. The second-order valence-corrected chi connectivity index (χ2v) is 5.11. The van der Waals surface area contributed by atoms with Crippen LogP contribution in [0.15, 0.2) is 12.3 Å².